The summed E-state index contributed by atoms with van der Waals surface area (Å²) in [6.45, 7) is 4.56. The summed E-state index contributed by atoms with van der Waals surface area (Å²) in [7, 11) is 0. The molecule has 2 aromatic carbocycles. The number of hydrogen-bond acceptors (Lipinski definition) is 3. The molecule has 2 aliphatic carbocycles. The number of halogens is 4. The average Bonchev–Trinajstić information content (AvgIpc) is 2.92. The molecule has 0 spiro atoms. The number of esters is 1. The summed E-state index contributed by atoms with van der Waals surface area (Å²) in [6.07, 6.45) is 8.05. The zero-order valence-corrected chi connectivity index (χ0v) is 22.3. The van der Waals surface area contributed by atoms with Gasteiger partial charge in [0.15, 0.2) is 23.1 Å². The summed E-state index contributed by atoms with van der Waals surface area (Å²) < 4.78 is 69.7. The van der Waals surface area contributed by atoms with E-state index in [0.29, 0.717) is 43.8 Å². The van der Waals surface area contributed by atoms with Crippen molar-refractivity contribution in [3.8, 4) is 11.5 Å². The Morgan fingerprint density at radius 1 is 0.737 bits per heavy atom. The van der Waals surface area contributed by atoms with Crippen molar-refractivity contribution in [3.05, 3.63) is 58.7 Å². The maximum absolute atomic E-state index is 14.8. The van der Waals surface area contributed by atoms with Gasteiger partial charge in [-0.2, -0.15) is 8.78 Å². The normalized spacial score (nSPS) is 23.7. The first kappa shape index (κ1) is 28.4. The number of rotatable bonds is 9. The van der Waals surface area contributed by atoms with E-state index in [1.165, 1.54) is 18.2 Å². The number of ether oxygens (including phenoxy) is 2. The summed E-state index contributed by atoms with van der Waals surface area (Å²) in [5, 5.41) is 0. The fourth-order valence-corrected chi connectivity index (χ4v) is 5.85. The van der Waals surface area contributed by atoms with E-state index in [4.69, 9.17) is 9.47 Å². The maximum atomic E-state index is 14.8. The molecular formula is C31H38F4O3. The second-order valence-corrected chi connectivity index (χ2v) is 11.0. The molecule has 0 radical (unpaired) electrons. The van der Waals surface area contributed by atoms with Gasteiger partial charge < -0.3 is 9.47 Å². The quantitative estimate of drug-likeness (QED) is 0.139. The standard InChI is InChI=1S/C31H38F4O3/c1-3-4-5-18-37-25-16-14-23(27(32)29(25)34)21-10-12-22(13-11-21)31(36)38-26-17-15-24(28(33)30(26)35)20-8-6-19(2)7-9-20/h14-17,19-22H,3-13,18H2,1-2H3. The molecule has 0 aromatic heterocycles. The molecule has 0 saturated heterocycles. The molecular weight excluding hydrogens is 496 g/mol. The van der Waals surface area contributed by atoms with E-state index < -0.39 is 40.9 Å². The van der Waals surface area contributed by atoms with Crippen molar-refractivity contribution in [3.63, 3.8) is 0 Å². The molecule has 38 heavy (non-hydrogen) atoms. The van der Waals surface area contributed by atoms with Crippen molar-refractivity contribution in [2.24, 2.45) is 11.8 Å². The van der Waals surface area contributed by atoms with Crippen LogP contribution in [-0.2, 0) is 4.79 Å². The Kier molecular flexibility index (Phi) is 9.72. The van der Waals surface area contributed by atoms with Crippen LogP contribution in [0.15, 0.2) is 24.3 Å². The topological polar surface area (TPSA) is 35.5 Å². The molecule has 0 heterocycles. The first-order valence-corrected chi connectivity index (χ1v) is 14.1. The lowest BCUT2D eigenvalue weighted by atomic mass is 9.78. The zero-order chi connectivity index (χ0) is 27.2. The minimum atomic E-state index is -1.13. The Morgan fingerprint density at radius 2 is 1.26 bits per heavy atom. The van der Waals surface area contributed by atoms with Gasteiger partial charge in [-0.25, -0.2) is 8.78 Å². The number of benzene rings is 2. The Morgan fingerprint density at radius 3 is 1.84 bits per heavy atom. The molecule has 2 aromatic rings. The summed E-state index contributed by atoms with van der Waals surface area (Å²) in [5.74, 6) is -5.24. The van der Waals surface area contributed by atoms with Crippen molar-refractivity contribution in [1.29, 1.82) is 0 Å². The van der Waals surface area contributed by atoms with Crippen LogP contribution in [0.1, 0.15) is 107 Å². The van der Waals surface area contributed by atoms with Gasteiger partial charge in [0.2, 0.25) is 11.6 Å². The van der Waals surface area contributed by atoms with Crippen molar-refractivity contribution in [2.45, 2.75) is 96.3 Å². The van der Waals surface area contributed by atoms with Crippen LogP contribution in [0.4, 0.5) is 17.6 Å². The highest BCUT2D eigenvalue weighted by Gasteiger charge is 2.32. The van der Waals surface area contributed by atoms with Crippen LogP contribution in [0.25, 0.3) is 0 Å². The van der Waals surface area contributed by atoms with Crippen molar-refractivity contribution >= 4 is 5.97 Å². The minimum absolute atomic E-state index is 0.0207. The van der Waals surface area contributed by atoms with Gasteiger partial charge in [-0.05, 0) is 86.0 Å². The van der Waals surface area contributed by atoms with Crippen molar-refractivity contribution < 1.29 is 31.8 Å². The third-order valence-corrected chi connectivity index (χ3v) is 8.33. The van der Waals surface area contributed by atoms with Crippen LogP contribution >= 0.6 is 0 Å². The number of unbranched alkanes of at least 4 members (excludes halogenated alkanes) is 2. The molecule has 208 valence electrons. The molecule has 4 rings (SSSR count). The third kappa shape index (κ3) is 6.52. The smallest absolute Gasteiger partial charge is 0.314 e. The highest BCUT2D eigenvalue weighted by atomic mass is 19.2. The van der Waals surface area contributed by atoms with E-state index in [1.807, 2.05) is 0 Å². The van der Waals surface area contributed by atoms with Gasteiger partial charge in [-0.3, -0.25) is 4.79 Å². The molecule has 0 N–H and O–H groups in total. The molecule has 7 heteroatoms. The highest BCUT2D eigenvalue weighted by molar-refractivity contribution is 5.75. The molecule has 2 saturated carbocycles. The van der Waals surface area contributed by atoms with Gasteiger partial charge in [0, 0.05) is 0 Å². The van der Waals surface area contributed by atoms with E-state index in [9.17, 15) is 22.4 Å². The Labute approximate surface area is 222 Å². The van der Waals surface area contributed by atoms with E-state index in [1.54, 1.807) is 6.07 Å². The third-order valence-electron chi connectivity index (χ3n) is 8.33. The SMILES string of the molecule is CCCCCOc1ccc(C2CCC(C(=O)Oc3ccc(C4CCC(C)CC4)c(F)c3F)CC2)c(F)c1F. The maximum Gasteiger partial charge on any atom is 0.314 e. The first-order chi connectivity index (χ1) is 18.3. The van der Waals surface area contributed by atoms with Crippen LogP contribution in [0.3, 0.4) is 0 Å². The lowest BCUT2D eigenvalue weighted by Crippen LogP contribution is -2.26. The lowest BCUT2D eigenvalue weighted by Gasteiger charge is -2.28. The largest absolute Gasteiger partial charge is 0.490 e. The monoisotopic (exact) mass is 534 g/mol. The molecule has 0 atom stereocenters. The highest BCUT2D eigenvalue weighted by Crippen LogP contribution is 2.41. The predicted molar refractivity (Wildman–Crippen MR) is 138 cm³/mol. The first-order valence-electron chi connectivity index (χ1n) is 14.1. The van der Waals surface area contributed by atoms with Crippen LogP contribution in [0.5, 0.6) is 11.5 Å². The van der Waals surface area contributed by atoms with E-state index in [2.05, 4.69) is 13.8 Å². The average molecular weight is 535 g/mol. The number of carbonyl (C=O) groups excluding carboxylic acids is 1. The molecule has 0 bridgehead atoms. The van der Waals surface area contributed by atoms with Crippen molar-refractivity contribution in [2.75, 3.05) is 6.61 Å². The summed E-state index contributed by atoms with van der Waals surface area (Å²) in [6, 6.07) is 5.91. The van der Waals surface area contributed by atoms with Gasteiger partial charge in [0.05, 0.1) is 12.5 Å². The molecule has 2 fully saturated rings. The van der Waals surface area contributed by atoms with E-state index in [-0.39, 0.29) is 23.1 Å². The molecule has 0 unspecified atom stereocenters. The number of hydrogen-bond donors (Lipinski definition) is 0. The van der Waals surface area contributed by atoms with Crippen LogP contribution < -0.4 is 9.47 Å². The minimum Gasteiger partial charge on any atom is -0.490 e. The van der Waals surface area contributed by atoms with Gasteiger partial charge in [-0.15, -0.1) is 0 Å². The summed E-state index contributed by atoms with van der Waals surface area (Å²) in [5.41, 5.74) is 0.623. The van der Waals surface area contributed by atoms with Gasteiger partial charge in [0.25, 0.3) is 0 Å². The molecule has 0 aliphatic heterocycles. The summed E-state index contributed by atoms with van der Waals surface area (Å²) >= 11 is 0. The zero-order valence-electron chi connectivity index (χ0n) is 22.3. The lowest BCUT2D eigenvalue weighted by molar-refractivity contribution is -0.140. The predicted octanol–water partition coefficient (Wildman–Crippen LogP) is 8.99. The van der Waals surface area contributed by atoms with Gasteiger partial charge in [0.1, 0.15) is 0 Å². The molecule has 0 amide bonds. The fraction of sp³-hybridized carbons (Fsp3) is 0.581. The molecule has 2 aliphatic rings. The fourth-order valence-electron chi connectivity index (χ4n) is 5.85. The van der Waals surface area contributed by atoms with Gasteiger partial charge in [-0.1, -0.05) is 51.7 Å². The Bertz CT molecular complexity index is 1100. The second-order valence-electron chi connectivity index (χ2n) is 11.0. The van der Waals surface area contributed by atoms with Crippen LogP contribution in [-0.4, -0.2) is 12.6 Å². The van der Waals surface area contributed by atoms with E-state index >= 15 is 0 Å². The summed E-state index contributed by atoms with van der Waals surface area (Å²) in [4.78, 5) is 12.7. The van der Waals surface area contributed by atoms with Crippen molar-refractivity contribution in [1.82, 2.24) is 0 Å². The van der Waals surface area contributed by atoms with E-state index in [0.717, 1.165) is 44.9 Å². The van der Waals surface area contributed by atoms with Crippen LogP contribution in [0, 0.1) is 35.1 Å². The second kappa shape index (κ2) is 13.0. The Hall–Kier alpha value is -2.57. The molecule has 3 nitrogen and oxygen atoms in total. The van der Waals surface area contributed by atoms with Gasteiger partial charge >= 0.3 is 5.97 Å². The Balaban J connectivity index is 1.33. The number of carbonyl (C=O) groups is 1. The van der Waals surface area contributed by atoms with Crippen LogP contribution in [0.2, 0.25) is 0 Å².